The van der Waals surface area contributed by atoms with E-state index in [1.807, 2.05) is 44.2 Å². The van der Waals surface area contributed by atoms with Crippen LogP contribution in [0.25, 0.3) is 11.8 Å². The molecule has 0 saturated carbocycles. The molecule has 0 atom stereocenters. The van der Waals surface area contributed by atoms with Crippen LogP contribution in [0.15, 0.2) is 35.2 Å². The van der Waals surface area contributed by atoms with Crippen LogP contribution in [0, 0.1) is 13.8 Å². The van der Waals surface area contributed by atoms with Gasteiger partial charge in [-0.15, -0.1) is 0 Å². The number of nitrogens with one attached hydrogen (secondary N) is 1. The van der Waals surface area contributed by atoms with Crippen LogP contribution in [0.1, 0.15) is 17.0 Å². The van der Waals surface area contributed by atoms with Gasteiger partial charge in [-0.25, -0.2) is 0 Å². The summed E-state index contributed by atoms with van der Waals surface area (Å²) in [5.41, 5.74) is 3.84. The van der Waals surface area contributed by atoms with Crippen LogP contribution in [0.2, 0.25) is 0 Å². The maximum atomic E-state index is 11.7. The van der Waals surface area contributed by atoms with E-state index in [9.17, 15) is 9.59 Å². The Balaban J connectivity index is 2.09. The summed E-state index contributed by atoms with van der Waals surface area (Å²) in [6, 6.07) is 9.76. The van der Waals surface area contributed by atoms with Crippen LogP contribution in [0.4, 0.5) is 4.79 Å². The number of aryl methyl sites for hydroxylation is 1. The van der Waals surface area contributed by atoms with Gasteiger partial charge < -0.3 is 9.30 Å². The molecule has 1 aliphatic heterocycles. The van der Waals surface area contributed by atoms with Crippen molar-refractivity contribution in [3.63, 3.8) is 0 Å². The molecule has 0 spiro atoms. The lowest BCUT2D eigenvalue weighted by atomic mass is 10.2. The van der Waals surface area contributed by atoms with Crippen LogP contribution >= 0.6 is 11.8 Å². The Morgan fingerprint density at radius 2 is 1.96 bits per heavy atom. The smallest absolute Gasteiger partial charge is 0.290 e. The number of carbonyl (C=O) groups excluding carboxylic acids is 2. The number of benzene rings is 1. The second kappa shape index (κ2) is 5.96. The summed E-state index contributed by atoms with van der Waals surface area (Å²) in [7, 11) is 1.64. The largest absolute Gasteiger partial charge is 0.495 e. The van der Waals surface area contributed by atoms with E-state index in [0.717, 1.165) is 40.2 Å². The van der Waals surface area contributed by atoms with Crippen molar-refractivity contribution in [2.75, 3.05) is 7.11 Å². The van der Waals surface area contributed by atoms with Crippen LogP contribution in [-0.2, 0) is 4.79 Å². The van der Waals surface area contributed by atoms with E-state index < -0.39 is 0 Å². The van der Waals surface area contributed by atoms with Crippen molar-refractivity contribution in [3.05, 3.63) is 52.2 Å². The molecule has 3 rings (SSSR count). The third-order valence-corrected chi connectivity index (χ3v) is 4.54. The lowest BCUT2D eigenvalue weighted by molar-refractivity contribution is -0.115. The number of thioether (sulfide) groups is 1. The Bertz CT molecular complexity index is 836. The second-order valence-electron chi connectivity index (χ2n) is 5.19. The van der Waals surface area contributed by atoms with Gasteiger partial charge in [0.05, 0.1) is 17.7 Å². The number of hydrogen-bond acceptors (Lipinski definition) is 4. The summed E-state index contributed by atoms with van der Waals surface area (Å²) in [5.74, 6) is 0.429. The van der Waals surface area contributed by atoms with Crippen molar-refractivity contribution in [2.24, 2.45) is 0 Å². The fourth-order valence-corrected chi connectivity index (χ4v) is 3.35. The zero-order valence-corrected chi connectivity index (χ0v) is 13.9. The first-order valence-electron chi connectivity index (χ1n) is 7.08. The number of nitrogens with zero attached hydrogens (tertiary/aromatic N) is 1. The van der Waals surface area contributed by atoms with Crippen molar-refractivity contribution >= 4 is 29.0 Å². The van der Waals surface area contributed by atoms with Crippen LogP contribution in [-0.4, -0.2) is 22.8 Å². The molecule has 6 heteroatoms. The SMILES string of the molecule is COc1ccccc1-n1c(C)cc(/C=C2\SC(=O)NC2=O)c1C. The molecule has 1 N–H and O–H groups in total. The molecule has 5 nitrogen and oxygen atoms in total. The van der Waals surface area contributed by atoms with Gasteiger partial charge in [-0.3, -0.25) is 14.9 Å². The minimum absolute atomic E-state index is 0.334. The molecule has 0 bridgehead atoms. The molecule has 0 radical (unpaired) electrons. The summed E-state index contributed by atoms with van der Waals surface area (Å²) in [5, 5.41) is 1.93. The molecule has 1 aromatic carbocycles. The van der Waals surface area contributed by atoms with Gasteiger partial charge in [0.15, 0.2) is 0 Å². The van der Waals surface area contributed by atoms with Crippen LogP contribution in [0.3, 0.4) is 0 Å². The van der Waals surface area contributed by atoms with E-state index in [2.05, 4.69) is 9.88 Å². The van der Waals surface area contributed by atoms with Gasteiger partial charge in [-0.1, -0.05) is 12.1 Å². The molecular formula is C17H16N2O3S. The van der Waals surface area contributed by atoms with Gasteiger partial charge in [0.1, 0.15) is 5.75 Å². The van der Waals surface area contributed by atoms with Gasteiger partial charge in [-0.2, -0.15) is 0 Å². The average molecular weight is 328 g/mol. The first-order chi connectivity index (χ1) is 11.0. The highest BCUT2D eigenvalue weighted by Crippen LogP contribution is 2.31. The Kier molecular flexibility index (Phi) is 4.00. The Hall–Kier alpha value is -2.47. The summed E-state index contributed by atoms with van der Waals surface area (Å²) in [4.78, 5) is 23.4. The van der Waals surface area contributed by atoms with Crippen LogP contribution < -0.4 is 10.1 Å². The first kappa shape index (κ1) is 15.4. The third-order valence-electron chi connectivity index (χ3n) is 3.72. The number of aromatic nitrogens is 1. The fraction of sp³-hybridized carbons (Fsp3) is 0.176. The zero-order chi connectivity index (χ0) is 16.6. The summed E-state index contributed by atoms with van der Waals surface area (Å²) in [6.45, 7) is 3.97. The van der Waals surface area contributed by atoms with Gasteiger partial charge in [-0.05, 0) is 55.4 Å². The minimum atomic E-state index is -0.345. The highest BCUT2D eigenvalue weighted by Gasteiger charge is 2.25. The van der Waals surface area contributed by atoms with Gasteiger partial charge in [0.25, 0.3) is 11.1 Å². The second-order valence-corrected chi connectivity index (χ2v) is 6.20. The molecular weight excluding hydrogens is 312 g/mol. The van der Waals surface area contributed by atoms with Gasteiger partial charge >= 0.3 is 0 Å². The number of carbonyl (C=O) groups is 2. The molecule has 2 amide bonds. The number of ether oxygens (including phenoxy) is 1. The predicted octanol–water partition coefficient (Wildman–Crippen LogP) is 3.43. The number of rotatable bonds is 3. The van der Waals surface area contributed by atoms with Crippen molar-refractivity contribution in [1.29, 1.82) is 0 Å². The highest BCUT2D eigenvalue weighted by atomic mass is 32.2. The molecule has 2 heterocycles. The lowest BCUT2D eigenvalue weighted by Gasteiger charge is -2.13. The first-order valence-corrected chi connectivity index (χ1v) is 7.90. The van der Waals surface area contributed by atoms with Crippen molar-refractivity contribution in [3.8, 4) is 11.4 Å². The standard InChI is InChI=1S/C17H16N2O3S/c1-10-8-12(9-15-16(20)18-17(21)23-15)11(2)19(10)13-6-4-5-7-14(13)22-3/h4-9H,1-3H3,(H,18,20,21)/b15-9-. The Morgan fingerprint density at radius 3 is 2.61 bits per heavy atom. The molecule has 2 aromatic rings. The number of amides is 2. The molecule has 23 heavy (non-hydrogen) atoms. The lowest BCUT2D eigenvalue weighted by Crippen LogP contribution is -2.17. The molecule has 0 aliphatic carbocycles. The van der Waals surface area contributed by atoms with E-state index >= 15 is 0 Å². The summed E-state index contributed by atoms with van der Waals surface area (Å²) >= 11 is 0.923. The number of imide groups is 1. The summed E-state index contributed by atoms with van der Waals surface area (Å²) < 4.78 is 7.51. The normalized spacial score (nSPS) is 16.0. The summed E-state index contributed by atoms with van der Waals surface area (Å²) in [6.07, 6.45) is 1.75. The predicted molar refractivity (Wildman–Crippen MR) is 90.9 cm³/mol. The van der Waals surface area contributed by atoms with Gasteiger partial charge in [0.2, 0.25) is 0 Å². The van der Waals surface area contributed by atoms with E-state index in [0.29, 0.717) is 4.91 Å². The highest BCUT2D eigenvalue weighted by molar-refractivity contribution is 8.18. The monoisotopic (exact) mass is 328 g/mol. The fourth-order valence-electron chi connectivity index (χ4n) is 2.68. The molecule has 1 saturated heterocycles. The van der Waals surface area contributed by atoms with E-state index in [4.69, 9.17) is 4.74 Å². The van der Waals surface area contributed by atoms with Crippen molar-refractivity contribution < 1.29 is 14.3 Å². The molecule has 118 valence electrons. The average Bonchev–Trinajstić information content (AvgIpc) is 2.98. The molecule has 1 aliphatic rings. The minimum Gasteiger partial charge on any atom is -0.495 e. The van der Waals surface area contributed by atoms with E-state index in [1.165, 1.54) is 0 Å². The van der Waals surface area contributed by atoms with E-state index in [1.54, 1.807) is 13.2 Å². The van der Waals surface area contributed by atoms with E-state index in [-0.39, 0.29) is 11.1 Å². The van der Waals surface area contributed by atoms with Crippen LogP contribution in [0.5, 0.6) is 5.75 Å². The number of para-hydroxylation sites is 2. The Labute approximate surface area is 138 Å². The maximum Gasteiger partial charge on any atom is 0.290 e. The number of methoxy groups -OCH3 is 1. The topological polar surface area (TPSA) is 60.3 Å². The zero-order valence-electron chi connectivity index (χ0n) is 13.0. The quantitative estimate of drug-likeness (QED) is 0.877. The maximum absolute atomic E-state index is 11.7. The van der Waals surface area contributed by atoms with Gasteiger partial charge in [0, 0.05) is 11.4 Å². The third kappa shape index (κ3) is 2.77. The molecule has 0 unspecified atom stereocenters. The van der Waals surface area contributed by atoms with Crippen molar-refractivity contribution in [1.82, 2.24) is 9.88 Å². The van der Waals surface area contributed by atoms with Crippen molar-refractivity contribution in [2.45, 2.75) is 13.8 Å². The molecule has 1 aromatic heterocycles. The number of hydrogen-bond donors (Lipinski definition) is 1. The molecule has 1 fully saturated rings. The Morgan fingerprint density at radius 1 is 1.22 bits per heavy atom.